The molecule has 1 unspecified atom stereocenters. The van der Waals surface area contributed by atoms with Crippen LogP contribution in [-0.4, -0.2) is 30.0 Å². The second-order valence-corrected chi connectivity index (χ2v) is 5.88. The van der Waals surface area contributed by atoms with Gasteiger partial charge in [0.15, 0.2) is 0 Å². The van der Waals surface area contributed by atoms with E-state index in [9.17, 15) is 9.59 Å². The van der Waals surface area contributed by atoms with E-state index in [0.717, 1.165) is 0 Å². The van der Waals surface area contributed by atoms with Gasteiger partial charge in [-0.3, -0.25) is 9.59 Å². The lowest BCUT2D eigenvalue weighted by atomic mass is 10.2. The molecule has 0 aliphatic heterocycles. The first kappa shape index (κ1) is 16.4. The zero-order valence-electron chi connectivity index (χ0n) is 10.9. The number of carbonyl (C=O) groups is 2. The molecule has 0 N–H and O–H groups in total. The fourth-order valence-corrected chi connectivity index (χ4v) is 1.28. The largest absolute Gasteiger partial charge is 0.465 e. The molecule has 0 rings (SSSR count). The van der Waals surface area contributed by atoms with Crippen LogP contribution in [0.5, 0.6) is 0 Å². The molecule has 0 heterocycles. The third kappa shape index (κ3) is 9.15. The molecule has 0 saturated heterocycles. The molecule has 0 spiro atoms. The van der Waals surface area contributed by atoms with Crippen molar-refractivity contribution >= 4 is 27.9 Å². The molecule has 0 fully saturated rings. The normalized spacial score (nSPS) is 12.6. The summed E-state index contributed by atoms with van der Waals surface area (Å²) < 4.78 is 9.97. The quantitative estimate of drug-likeness (QED) is 0.536. The van der Waals surface area contributed by atoms with E-state index >= 15 is 0 Å². The van der Waals surface area contributed by atoms with E-state index in [-0.39, 0.29) is 18.3 Å². The molecule has 0 bridgehead atoms. The summed E-state index contributed by atoms with van der Waals surface area (Å²) in [5, 5.41) is 0. The molecule has 0 aromatic heterocycles. The Kier molecular flexibility index (Phi) is 8.21. The number of ether oxygens (including phenoxy) is 2. The van der Waals surface area contributed by atoms with E-state index in [1.807, 2.05) is 27.7 Å². The number of halogens is 1. The van der Waals surface area contributed by atoms with Crippen LogP contribution in [0.1, 0.15) is 34.1 Å². The minimum absolute atomic E-state index is 0.00362. The van der Waals surface area contributed by atoms with Crippen molar-refractivity contribution in [3.8, 4) is 0 Å². The van der Waals surface area contributed by atoms with Crippen molar-refractivity contribution in [3.63, 3.8) is 0 Å². The van der Waals surface area contributed by atoms with Gasteiger partial charge in [0.05, 0.1) is 19.6 Å². The summed E-state index contributed by atoms with van der Waals surface area (Å²) in [4.78, 5) is 22.2. The molecule has 0 aliphatic rings. The maximum atomic E-state index is 11.4. The highest BCUT2D eigenvalue weighted by Crippen LogP contribution is 2.10. The predicted molar refractivity (Wildman–Crippen MR) is 68.9 cm³/mol. The number of esters is 2. The summed E-state index contributed by atoms with van der Waals surface area (Å²) in [6.45, 7) is 8.55. The van der Waals surface area contributed by atoms with E-state index in [1.165, 1.54) is 0 Å². The average molecular weight is 309 g/mol. The molecule has 0 saturated carbocycles. The third-order valence-electron chi connectivity index (χ3n) is 1.74. The van der Waals surface area contributed by atoms with Crippen molar-refractivity contribution in [2.75, 3.05) is 13.2 Å². The van der Waals surface area contributed by atoms with Crippen LogP contribution in [0.25, 0.3) is 0 Å². The van der Waals surface area contributed by atoms with Crippen LogP contribution >= 0.6 is 15.9 Å². The Hall–Kier alpha value is -0.580. The van der Waals surface area contributed by atoms with Crippen LogP contribution in [0.2, 0.25) is 0 Å². The molecule has 4 nitrogen and oxygen atoms in total. The van der Waals surface area contributed by atoms with Crippen LogP contribution < -0.4 is 0 Å². The van der Waals surface area contributed by atoms with Gasteiger partial charge in [0.25, 0.3) is 0 Å². The lowest BCUT2D eigenvalue weighted by Crippen LogP contribution is -2.24. The Morgan fingerprint density at radius 3 is 1.94 bits per heavy atom. The Labute approximate surface area is 111 Å². The Bertz CT molecular complexity index is 251. The van der Waals surface area contributed by atoms with Gasteiger partial charge in [-0.15, -0.1) is 0 Å². The fraction of sp³-hybridized carbons (Fsp3) is 0.833. The smallest absolute Gasteiger partial charge is 0.320 e. The lowest BCUT2D eigenvalue weighted by Gasteiger charge is -2.12. The third-order valence-corrected chi connectivity index (χ3v) is 2.44. The minimum Gasteiger partial charge on any atom is -0.465 e. The van der Waals surface area contributed by atoms with Crippen LogP contribution in [0.4, 0.5) is 0 Å². The van der Waals surface area contributed by atoms with Crippen molar-refractivity contribution in [2.45, 2.75) is 38.9 Å². The highest BCUT2D eigenvalue weighted by molar-refractivity contribution is 9.10. The monoisotopic (exact) mass is 308 g/mol. The van der Waals surface area contributed by atoms with E-state index in [0.29, 0.717) is 19.1 Å². The van der Waals surface area contributed by atoms with E-state index in [4.69, 9.17) is 9.47 Å². The number of alkyl halides is 1. The van der Waals surface area contributed by atoms with Gasteiger partial charge in [0.2, 0.25) is 0 Å². The summed E-state index contributed by atoms with van der Waals surface area (Å²) in [7, 11) is 0. The van der Waals surface area contributed by atoms with Crippen LogP contribution in [0.3, 0.4) is 0 Å². The highest BCUT2D eigenvalue weighted by Gasteiger charge is 2.21. The highest BCUT2D eigenvalue weighted by atomic mass is 79.9. The summed E-state index contributed by atoms with van der Waals surface area (Å²) in [6, 6.07) is 0. The first-order chi connectivity index (χ1) is 7.82. The van der Waals surface area contributed by atoms with E-state index in [1.54, 1.807) is 0 Å². The molecular formula is C12H21BrO4. The number of rotatable bonds is 7. The first-order valence-electron chi connectivity index (χ1n) is 5.79. The Balaban J connectivity index is 3.86. The molecule has 0 amide bonds. The van der Waals surface area contributed by atoms with Gasteiger partial charge in [-0.25, -0.2) is 0 Å². The van der Waals surface area contributed by atoms with Gasteiger partial charge in [-0.1, -0.05) is 43.6 Å². The van der Waals surface area contributed by atoms with Crippen molar-refractivity contribution in [1.29, 1.82) is 0 Å². The molecule has 17 heavy (non-hydrogen) atoms. The molecule has 0 radical (unpaired) electrons. The molecular weight excluding hydrogens is 288 g/mol. The van der Waals surface area contributed by atoms with Crippen molar-refractivity contribution in [3.05, 3.63) is 0 Å². The molecule has 0 aromatic rings. The van der Waals surface area contributed by atoms with Gasteiger partial charge in [0.1, 0.15) is 4.83 Å². The van der Waals surface area contributed by atoms with E-state index < -0.39 is 10.8 Å². The maximum absolute atomic E-state index is 11.4. The van der Waals surface area contributed by atoms with Gasteiger partial charge in [-0.2, -0.15) is 0 Å². The zero-order chi connectivity index (χ0) is 13.4. The summed E-state index contributed by atoms with van der Waals surface area (Å²) in [5.41, 5.74) is 0. The molecule has 0 aliphatic carbocycles. The maximum Gasteiger partial charge on any atom is 0.320 e. The first-order valence-corrected chi connectivity index (χ1v) is 6.70. The second-order valence-electron chi connectivity index (χ2n) is 4.77. The molecule has 100 valence electrons. The second kappa shape index (κ2) is 8.50. The standard InChI is InChI=1S/C12H21BrO4/c1-8(2)6-16-11(14)5-10(13)12(15)17-7-9(3)4/h8-10H,5-7H2,1-4H3. The molecule has 1 atom stereocenters. The Morgan fingerprint density at radius 1 is 1.00 bits per heavy atom. The van der Waals surface area contributed by atoms with Crippen molar-refractivity contribution < 1.29 is 19.1 Å². The number of carbonyl (C=O) groups excluding carboxylic acids is 2. The SMILES string of the molecule is CC(C)COC(=O)CC(Br)C(=O)OCC(C)C. The van der Waals surface area contributed by atoms with Gasteiger partial charge >= 0.3 is 11.9 Å². The van der Waals surface area contributed by atoms with Crippen LogP contribution in [0.15, 0.2) is 0 Å². The topological polar surface area (TPSA) is 52.6 Å². The fourth-order valence-electron chi connectivity index (χ4n) is 0.887. The van der Waals surface area contributed by atoms with E-state index in [2.05, 4.69) is 15.9 Å². The van der Waals surface area contributed by atoms with Crippen LogP contribution in [0, 0.1) is 11.8 Å². The van der Waals surface area contributed by atoms with Crippen molar-refractivity contribution in [2.24, 2.45) is 11.8 Å². The Morgan fingerprint density at radius 2 is 1.47 bits per heavy atom. The molecule has 0 aromatic carbocycles. The van der Waals surface area contributed by atoms with Gasteiger partial charge in [0, 0.05) is 0 Å². The van der Waals surface area contributed by atoms with Crippen molar-refractivity contribution in [1.82, 2.24) is 0 Å². The summed E-state index contributed by atoms with van der Waals surface area (Å²) >= 11 is 3.13. The minimum atomic E-state index is -0.624. The van der Waals surface area contributed by atoms with Crippen LogP contribution in [-0.2, 0) is 19.1 Å². The lowest BCUT2D eigenvalue weighted by molar-refractivity contribution is -0.150. The summed E-state index contributed by atoms with van der Waals surface area (Å²) in [5.74, 6) is -0.227. The molecule has 5 heteroatoms. The van der Waals surface area contributed by atoms with Gasteiger partial charge in [-0.05, 0) is 11.8 Å². The number of hydrogen-bond acceptors (Lipinski definition) is 4. The zero-order valence-corrected chi connectivity index (χ0v) is 12.5. The predicted octanol–water partition coefficient (Wildman–Crippen LogP) is 2.54. The average Bonchev–Trinajstić information content (AvgIpc) is 2.22. The summed E-state index contributed by atoms with van der Waals surface area (Å²) in [6.07, 6.45) is 0.00362. The number of hydrogen-bond donors (Lipinski definition) is 0. The van der Waals surface area contributed by atoms with Gasteiger partial charge < -0.3 is 9.47 Å².